The molecular weight excluding hydrogens is 406 g/mol. The largest absolute Gasteiger partial charge is 0.493 e. The maximum absolute atomic E-state index is 12.6. The molecule has 2 aromatic carbocycles. The van der Waals surface area contributed by atoms with Crippen LogP contribution in [0.15, 0.2) is 55.1 Å². The number of nitrogens with zero attached hydrogens (tertiary/aromatic N) is 3. The zero-order valence-corrected chi connectivity index (χ0v) is 19.0. The summed E-state index contributed by atoms with van der Waals surface area (Å²) < 4.78 is 12.9. The normalized spacial score (nSPS) is 12.6. The number of unbranched alkanes of at least 4 members (excludes halogenated alkanes) is 1. The topological polar surface area (TPSA) is 90.3 Å². The number of amides is 2. The number of hydrogen-bond donors (Lipinski definition) is 2. The third-order valence-corrected chi connectivity index (χ3v) is 5.21. The van der Waals surface area contributed by atoms with Gasteiger partial charge in [0.25, 0.3) is 0 Å². The highest BCUT2D eigenvalue weighted by Gasteiger charge is 2.15. The second-order valence-electron chi connectivity index (χ2n) is 7.61. The summed E-state index contributed by atoms with van der Waals surface area (Å²) in [5, 5.41) is 10.1. The Bertz CT molecular complexity index is 989. The summed E-state index contributed by atoms with van der Waals surface area (Å²) >= 11 is 0. The van der Waals surface area contributed by atoms with E-state index in [2.05, 4.69) is 27.6 Å². The van der Waals surface area contributed by atoms with E-state index < -0.39 is 0 Å². The van der Waals surface area contributed by atoms with E-state index in [0.717, 1.165) is 29.7 Å². The summed E-state index contributed by atoms with van der Waals surface area (Å²) in [4.78, 5) is 16.5. The van der Waals surface area contributed by atoms with Gasteiger partial charge in [0, 0.05) is 0 Å². The van der Waals surface area contributed by atoms with Crippen LogP contribution in [-0.2, 0) is 0 Å². The molecule has 0 saturated carbocycles. The van der Waals surface area contributed by atoms with Crippen molar-refractivity contribution in [3.63, 3.8) is 0 Å². The fraction of sp³-hybridized carbons (Fsp3) is 0.375. The van der Waals surface area contributed by atoms with Crippen molar-refractivity contribution < 1.29 is 14.3 Å². The minimum absolute atomic E-state index is 0.157. The molecule has 0 aliphatic rings. The van der Waals surface area contributed by atoms with Crippen molar-refractivity contribution in [1.29, 1.82) is 0 Å². The number of methoxy groups -OCH3 is 1. The summed E-state index contributed by atoms with van der Waals surface area (Å²) in [6.45, 7) is 6.65. The molecule has 32 heavy (non-hydrogen) atoms. The number of carbonyl (C=O) groups is 1. The average molecular weight is 438 g/mol. The smallest absolute Gasteiger partial charge is 0.315 e. The predicted molar refractivity (Wildman–Crippen MR) is 123 cm³/mol. The van der Waals surface area contributed by atoms with Crippen LogP contribution < -0.4 is 20.1 Å². The van der Waals surface area contributed by atoms with Gasteiger partial charge in [-0.3, -0.25) is 0 Å². The van der Waals surface area contributed by atoms with Crippen LogP contribution in [-0.4, -0.2) is 34.5 Å². The number of urea groups is 1. The summed E-state index contributed by atoms with van der Waals surface area (Å²) in [6.07, 6.45) is 5.20. The van der Waals surface area contributed by atoms with Gasteiger partial charge in [-0.15, -0.1) is 0 Å². The molecule has 0 spiro atoms. The second kappa shape index (κ2) is 11.2. The number of carbonyl (C=O) groups excluding carboxylic acids is 1. The number of hydrogen-bond acceptors (Lipinski definition) is 5. The number of benzene rings is 2. The molecule has 3 aromatic rings. The average Bonchev–Trinajstić information content (AvgIpc) is 3.34. The summed E-state index contributed by atoms with van der Waals surface area (Å²) in [7, 11) is 1.62. The van der Waals surface area contributed by atoms with Crippen molar-refractivity contribution in [2.45, 2.75) is 45.7 Å². The Morgan fingerprint density at radius 3 is 2.34 bits per heavy atom. The van der Waals surface area contributed by atoms with Gasteiger partial charge in [0.1, 0.15) is 12.7 Å². The van der Waals surface area contributed by atoms with E-state index in [1.165, 1.54) is 6.33 Å². The molecule has 2 N–H and O–H groups in total. The fourth-order valence-electron chi connectivity index (χ4n) is 3.26. The van der Waals surface area contributed by atoms with E-state index in [1.807, 2.05) is 56.3 Å². The molecule has 2 atom stereocenters. The van der Waals surface area contributed by atoms with Gasteiger partial charge in [0.15, 0.2) is 11.5 Å². The van der Waals surface area contributed by atoms with E-state index in [0.29, 0.717) is 18.1 Å². The molecule has 170 valence electrons. The lowest BCUT2D eigenvalue weighted by atomic mass is 10.1. The Morgan fingerprint density at radius 1 is 1.03 bits per heavy atom. The van der Waals surface area contributed by atoms with Crippen LogP contribution in [0, 0.1) is 0 Å². The van der Waals surface area contributed by atoms with Gasteiger partial charge in [-0.05, 0) is 55.7 Å². The minimum atomic E-state index is -0.243. The van der Waals surface area contributed by atoms with E-state index in [4.69, 9.17) is 9.47 Å². The first-order chi connectivity index (χ1) is 15.5. The first-order valence-corrected chi connectivity index (χ1v) is 10.8. The van der Waals surface area contributed by atoms with Crippen molar-refractivity contribution >= 4 is 6.03 Å². The molecule has 1 aromatic heterocycles. The molecule has 0 radical (unpaired) electrons. The molecule has 8 nitrogen and oxygen atoms in total. The lowest BCUT2D eigenvalue weighted by molar-refractivity contribution is 0.235. The molecule has 8 heteroatoms. The van der Waals surface area contributed by atoms with Crippen LogP contribution in [0.3, 0.4) is 0 Å². The molecular formula is C24H31N5O3. The summed E-state index contributed by atoms with van der Waals surface area (Å²) in [5.41, 5.74) is 2.84. The van der Waals surface area contributed by atoms with Crippen LogP contribution in [0.4, 0.5) is 4.79 Å². The zero-order chi connectivity index (χ0) is 22.9. The molecule has 0 aliphatic carbocycles. The third-order valence-electron chi connectivity index (χ3n) is 5.21. The molecule has 0 fully saturated rings. The van der Waals surface area contributed by atoms with Crippen molar-refractivity contribution in [3.05, 3.63) is 66.2 Å². The Hall–Kier alpha value is -3.55. The molecule has 3 rings (SSSR count). The van der Waals surface area contributed by atoms with Crippen molar-refractivity contribution in [2.75, 3.05) is 13.7 Å². The Balaban J connectivity index is 1.56. The summed E-state index contributed by atoms with van der Waals surface area (Å²) in [6, 6.07) is 13.0. The lowest BCUT2D eigenvalue weighted by Crippen LogP contribution is -2.38. The van der Waals surface area contributed by atoms with Crippen molar-refractivity contribution in [2.24, 2.45) is 0 Å². The quantitative estimate of drug-likeness (QED) is 0.453. The maximum atomic E-state index is 12.6. The Kier molecular flexibility index (Phi) is 8.08. The Labute approximate surface area is 189 Å². The van der Waals surface area contributed by atoms with Gasteiger partial charge in [-0.1, -0.05) is 31.5 Å². The third kappa shape index (κ3) is 6.00. The first kappa shape index (κ1) is 23.1. The van der Waals surface area contributed by atoms with Crippen LogP contribution in [0.25, 0.3) is 5.69 Å². The van der Waals surface area contributed by atoms with Crippen molar-refractivity contribution in [1.82, 2.24) is 25.4 Å². The maximum Gasteiger partial charge on any atom is 0.315 e. The molecule has 0 saturated heterocycles. The molecule has 2 unspecified atom stereocenters. The van der Waals surface area contributed by atoms with E-state index in [-0.39, 0.29) is 18.1 Å². The standard InChI is InChI=1S/C24H31N5O3/c1-5-6-13-32-22-12-9-20(14-23(22)31-4)18(3)28-24(30)27-17(2)19-7-10-21(11-8-19)29-16-25-15-26-29/h7-12,14-18H,5-6,13H2,1-4H3,(H2,27,28,30). The van der Waals surface area contributed by atoms with E-state index in [9.17, 15) is 4.79 Å². The van der Waals surface area contributed by atoms with Gasteiger partial charge >= 0.3 is 6.03 Å². The first-order valence-electron chi connectivity index (χ1n) is 10.8. The number of ether oxygens (including phenoxy) is 2. The van der Waals surface area contributed by atoms with Gasteiger partial charge in [0.05, 0.1) is 31.5 Å². The van der Waals surface area contributed by atoms with Crippen LogP contribution in [0.1, 0.15) is 56.8 Å². The second-order valence-corrected chi connectivity index (χ2v) is 7.61. The Morgan fingerprint density at radius 2 is 1.72 bits per heavy atom. The molecule has 0 aliphatic heterocycles. The van der Waals surface area contributed by atoms with Gasteiger partial charge in [-0.2, -0.15) is 5.10 Å². The van der Waals surface area contributed by atoms with Crippen LogP contribution >= 0.6 is 0 Å². The molecule has 1 heterocycles. The van der Waals surface area contributed by atoms with E-state index in [1.54, 1.807) is 18.1 Å². The number of nitrogens with one attached hydrogen (secondary N) is 2. The van der Waals surface area contributed by atoms with E-state index >= 15 is 0 Å². The number of aromatic nitrogens is 3. The van der Waals surface area contributed by atoms with Gasteiger partial charge in [-0.25, -0.2) is 14.5 Å². The molecule has 0 bridgehead atoms. The minimum Gasteiger partial charge on any atom is -0.493 e. The van der Waals surface area contributed by atoms with Crippen molar-refractivity contribution in [3.8, 4) is 17.2 Å². The highest BCUT2D eigenvalue weighted by molar-refractivity contribution is 5.75. The van der Waals surface area contributed by atoms with Crippen LogP contribution in [0.5, 0.6) is 11.5 Å². The highest BCUT2D eigenvalue weighted by atomic mass is 16.5. The zero-order valence-electron chi connectivity index (χ0n) is 19.0. The monoisotopic (exact) mass is 437 g/mol. The number of rotatable bonds is 10. The SMILES string of the molecule is CCCCOc1ccc(C(C)NC(=O)NC(C)c2ccc(-n3cncn3)cc2)cc1OC. The van der Waals surface area contributed by atoms with Gasteiger partial charge < -0.3 is 20.1 Å². The summed E-state index contributed by atoms with van der Waals surface area (Å²) in [5.74, 6) is 1.37. The predicted octanol–water partition coefficient (Wildman–Crippen LogP) is 4.58. The van der Waals surface area contributed by atoms with Gasteiger partial charge in [0.2, 0.25) is 0 Å². The molecule has 2 amide bonds. The van der Waals surface area contributed by atoms with Crippen LogP contribution in [0.2, 0.25) is 0 Å². The lowest BCUT2D eigenvalue weighted by Gasteiger charge is -2.20. The highest BCUT2D eigenvalue weighted by Crippen LogP contribution is 2.30. The fourth-order valence-corrected chi connectivity index (χ4v) is 3.26.